The summed E-state index contributed by atoms with van der Waals surface area (Å²) < 4.78 is 5.46. The Balaban J connectivity index is 1.74. The van der Waals surface area contributed by atoms with E-state index in [-0.39, 0.29) is 5.92 Å². The van der Waals surface area contributed by atoms with E-state index in [4.69, 9.17) is 4.52 Å². The van der Waals surface area contributed by atoms with Crippen LogP contribution >= 0.6 is 0 Å². The third-order valence-electron chi connectivity index (χ3n) is 4.24. The van der Waals surface area contributed by atoms with E-state index in [0.29, 0.717) is 17.6 Å². The van der Waals surface area contributed by atoms with Crippen LogP contribution in [0, 0.1) is 5.92 Å². The molecule has 0 spiro atoms. The number of nitrogens with zero attached hydrogens (tertiary/aromatic N) is 3. The van der Waals surface area contributed by atoms with Gasteiger partial charge in [0.15, 0.2) is 0 Å². The van der Waals surface area contributed by atoms with Crippen LogP contribution < -0.4 is 5.32 Å². The molecule has 0 bridgehead atoms. The molecule has 2 aromatic heterocycles. The fourth-order valence-electron chi connectivity index (χ4n) is 2.68. The molecule has 21 heavy (non-hydrogen) atoms. The molecular formula is C16H16N4O. The lowest BCUT2D eigenvalue weighted by Crippen LogP contribution is -2.44. The molecule has 1 atom stereocenters. The number of fused-ring (bicyclic) bond motifs is 1. The smallest absolute Gasteiger partial charge is 0.230 e. The van der Waals surface area contributed by atoms with Gasteiger partial charge in [-0.25, -0.2) is 0 Å². The van der Waals surface area contributed by atoms with Crippen LogP contribution in [0.5, 0.6) is 0 Å². The maximum absolute atomic E-state index is 5.46. The molecule has 0 aliphatic carbocycles. The zero-order valence-corrected chi connectivity index (χ0v) is 11.8. The van der Waals surface area contributed by atoms with Crippen LogP contribution in [0.3, 0.4) is 0 Å². The van der Waals surface area contributed by atoms with Gasteiger partial charge >= 0.3 is 0 Å². The number of rotatable bonds is 3. The predicted molar refractivity (Wildman–Crippen MR) is 79.8 cm³/mol. The maximum atomic E-state index is 5.46. The highest BCUT2D eigenvalue weighted by molar-refractivity contribution is 5.92. The van der Waals surface area contributed by atoms with E-state index in [1.165, 1.54) is 0 Å². The van der Waals surface area contributed by atoms with Crippen molar-refractivity contribution in [2.45, 2.75) is 12.8 Å². The largest absolute Gasteiger partial charge is 0.339 e. The summed E-state index contributed by atoms with van der Waals surface area (Å²) >= 11 is 0. The number of benzene rings is 1. The highest BCUT2D eigenvalue weighted by Gasteiger charge is 2.29. The van der Waals surface area contributed by atoms with Gasteiger partial charge in [-0.15, -0.1) is 0 Å². The molecule has 3 aromatic rings. The first-order chi connectivity index (χ1) is 10.3. The molecule has 0 radical (unpaired) electrons. The molecule has 1 unspecified atom stereocenters. The Kier molecular flexibility index (Phi) is 2.93. The van der Waals surface area contributed by atoms with Gasteiger partial charge in [0.25, 0.3) is 0 Å². The van der Waals surface area contributed by atoms with Crippen molar-refractivity contribution in [2.75, 3.05) is 13.1 Å². The number of hydrogen-bond acceptors (Lipinski definition) is 5. The van der Waals surface area contributed by atoms with Crippen LogP contribution in [0.15, 0.2) is 41.1 Å². The molecule has 1 aliphatic heterocycles. The fourth-order valence-corrected chi connectivity index (χ4v) is 2.68. The molecule has 106 valence electrons. The van der Waals surface area contributed by atoms with E-state index in [1.807, 2.05) is 24.3 Å². The molecule has 3 heterocycles. The van der Waals surface area contributed by atoms with Crippen LogP contribution in [0.1, 0.15) is 18.7 Å². The molecule has 1 fully saturated rings. The Morgan fingerprint density at radius 1 is 1.24 bits per heavy atom. The summed E-state index contributed by atoms with van der Waals surface area (Å²) in [5.74, 6) is 2.13. The van der Waals surface area contributed by atoms with Gasteiger partial charge < -0.3 is 9.84 Å². The first kappa shape index (κ1) is 12.5. The second-order valence-corrected chi connectivity index (χ2v) is 5.54. The standard InChI is InChI=1S/C16H16N4O/c1-10(12-8-17-9-12)16-19-15(20-21-16)14-13-5-3-2-4-11(13)6-7-18-14/h2-7,10,12,17H,8-9H2,1H3. The van der Waals surface area contributed by atoms with Gasteiger partial charge in [-0.05, 0) is 30.5 Å². The number of pyridine rings is 1. The van der Waals surface area contributed by atoms with E-state index in [2.05, 4.69) is 33.4 Å². The number of hydrogen-bond donors (Lipinski definition) is 1. The molecule has 1 saturated heterocycles. The second-order valence-electron chi connectivity index (χ2n) is 5.54. The average molecular weight is 280 g/mol. The van der Waals surface area contributed by atoms with Crippen LogP contribution in [-0.2, 0) is 0 Å². The predicted octanol–water partition coefficient (Wildman–Crippen LogP) is 2.61. The number of nitrogens with one attached hydrogen (secondary N) is 1. The molecule has 1 N–H and O–H groups in total. The van der Waals surface area contributed by atoms with Gasteiger partial charge in [0.2, 0.25) is 11.7 Å². The highest BCUT2D eigenvalue weighted by atomic mass is 16.5. The Hall–Kier alpha value is -2.27. The van der Waals surface area contributed by atoms with E-state index >= 15 is 0 Å². The van der Waals surface area contributed by atoms with Gasteiger partial charge in [-0.1, -0.05) is 36.3 Å². The normalized spacial score (nSPS) is 16.8. The van der Waals surface area contributed by atoms with Crippen molar-refractivity contribution in [3.05, 3.63) is 42.4 Å². The molecule has 1 aliphatic rings. The van der Waals surface area contributed by atoms with Gasteiger partial charge in [0.05, 0.1) is 0 Å². The molecule has 1 aromatic carbocycles. The first-order valence-corrected chi connectivity index (χ1v) is 7.21. The summed E-state index contributed by atoms with van der Waals surface area (Å²) in [6.45, 7) is 4.18. The molecule has 0 saturated carbocycles. The summed E-state index contributed by atoms with van der Waals surface area (Å²) in [7, 11) is 0. The topological polar surface area (TPSA) is 63.8 Å². The summed E-state index contributed by atoms with van der Waals surface area (Å²) in [5.41, 5.74) is 0.780. The fraction of sp³-hybridized carbons (Fsp3) is 0.312. The first-order valence-electron chi connectivity index (χ1n) is 7.21. The van der Waals surface area contributed by atoms with Crippen LogP contribution in [0.4, 0.5) is 0 Å². The zero-order chi connectivity index (χ0) is 14.2. The molecule has 5 nitrogen and oxygen atoms in total. The summed E-state index contributed by atoms with van der Waals surface area (Å²) in [6.07, 6.45) is 1.78. The van der Waals surface area contributed by atoms with Crippen LogP contribution in [0.25, 0.3) is 22.3 Å². The van der Waals surface area contributed by atoms with Crippen molar-refractivity contribution in [3.63, 3.8) is 0 Å². The third kappa shape index (κ3) is 2.10. The molecular weight excluding hydrogens is 264 g/mol. The van der Waals surface area contributed by atoms with E-state index < -0.39 is 0 Å². The Morgan fingerprint density at radius 3 is 2.90 bits per heavy atom. The second kappa shape index (κ2) is 4.93. The minimum atomic E-state index is 0.280. The van der Waals surface area contributed by atoms with E-state index in [9.17, 15) is 0 Å². The van der Waals surface area contributed by atoms with Gasteiger partial charge in [-0.2, -0.15) is 4.98 Å². The third-order valence-corrected chi connectivity index (χ3v) is 4.24. The quantitative estimate of drug-likeness (QED) is 0.799. The lowest BCUT2D eigenvalue weighted by molar-refractivity contribution is 0.252. The highest BCUT2D eigenvalue weighted by Crippen LogP contribution is 2.29. The minimum absolute atomic E-state index is 0.280. The van der Waals surface area contributed by atoms with Crippen molar-refractivity contribution in [1.82, 2.24) is 20.4 Å². The molecule has 0 amide bonds. The van der Waals surface area contributed by atoms with Crippen molar-refractivity contribution in [3.8, 4) is 11.5 Å². The summed E-state index contributed by atoms with van der Waals surface area (Å²) in [6, 6.07) is 10.1. The van der Waals surface area contributed by atoms with Crippen molar-refractivity contribution < 1.29 is 4.52 Å². The SMILES string of the molecule is CC(c1nc(-c2nccc3ccccc23)no1)C1CNC1. The zero-order valence-electron chi connectivity index (χ0n) is 11.8. The minimum Gasteiger partial charge on any atom is -0.339 e. The van der Waals surface area contributed by atoms with Gasteiger partial charge in [0, 0.05) is 17.5 Å². The Labute approximate surface area is 122 Å². The van der Waals surface area contributed by atoms with E-state index in [1.54, 1.807) is 6.20 Å². The lowest BCUT2D eigenvalue weighted by Gasteiger charge is -2.30. The average Bonchev–Trinajstić information content (AvgIpc) is 2.94. The van der Waals surface area contributed by atoms with Gasteiger partial charge in [-0.3, -0.25) is 4.98 Å². The van der Waals surface area contributed by atoms with Crippen LogP contribution in [0.2, 0.25) is 0 Å². The van der Waals surface area contributed by atoms with Crippen molar-refractivity contribution >= 4 is 10.8 Å². The van der Waals surface area contributed by atoms with E-state index in [0.717, 1.165) is 29.6 Å². The monoisotopic (exact) mass is 280 g/mol. The molecule has 5 heteroatoms. The maximum Gasteiger partial charge on any atom is 0.230 e. The summed E-state index contributed by atoms with van der Waals surface area (Å²) in [5, 5.41) is 9.58. The van der Waals surface area contributed by atoms with Gasteiger partial charge in [0.1, 0.15) is 5.69 Å². The lowest BCUT2D eigenvalue weighted by atomic mass is 9.89. The van der Waals surface area contributed by atoms with Crippen molar-refractivity contribution in [2.24, 2.45) is 5.92 Å². The Morgan fingerprint density at radius 2 is 2.10 bits per heavy atom. The Bertz CT molecular complexity index is 773. The number of aromatic nitrogens is 3. The summed E-state index contributed by atoms with van der Waals surface area (Å²) in [4.78, 5) is 9.00. The van der Waals surface area contributed by atoms with Crippen molar-refractivity contribution in [1.29, 1.82) is 0 Å². The van der Waals surface area contributed by atoms with Crippen LogP contribution in [-0.4, -0.2) is 28.2 Å². The molecule has 4 rings (SSSR count).